The maximum Gasteiger partial charge on any atom is 0.426 e. The van der Waals surface area contributed by atoms with E-state index in [1.165, 1.54) is 36.4 Å². The van der Waals surface area contributed by atoms with Crippen LogP contribution in [0.3, 0.4) is 0 Å². The summed E-state index contributed by atoms with van der Waals surface area (Å²) in [6, 6.07) is 11.7. The van der Waals surface area contributed by atoms with Crippen LogP contribution in [0.15, 0.2) is 53.4 Å². The van der Waals surface area contributed by atoms with Gasteiger partial charge in [-0.1, -0.05) is 0 Å². The van der Waals surface area contributed by atoms with Gasteiger partial charge in [0.05, 0.1) is 18.1 Å². The maximum absolute atomic E-state index is 12.4. The Morgan fingerprint density at radius 1 is 0.893 bits per heavy atom. The van der Waals surface area contributed by atoms with Crippen molar-refractivity contribution >= 4 is 27.7 Å². The van der Waals surface area contributed by atoms with E-state index < -0.39 is 22.0 Å². The number of hydrogen-bond acceptors (Lipinski definition) is 6. The Morgan fingerprint density at radius 2 is 1.54 bits per heavy atom. The van der Waals surface area contributed by atoms with Gasteiger partial charge in [-0.3, -0.25) is 14.9 Å². The van der Waals surface area contributed by atoms with E-state index >= 15 is 0 Å². The van der Waals surface area contributed by atoms with Crippen molar-refractivity contribution < 1.29 is 27.5 Å². The Balaban J connectivity index is 2.00. The molecule has 0 spiro atoms. The van der Waals surface area contributed by atoms with Crippen LogP contribution in [-0.2, 0) is 14.8 Å². The molecule has 0 saturated heterocycles. The van der Waals surface area contributed by atoms with Gasteiger partial charge in [-0.2, -0.15) is 0 Å². The molecule has 0 bridgehead atoms. The molecule has 2 aromatic rings. The molecule has 0 aromatic heterocycles. The standard InChI is InChI=1S/C18H21N3O6S/c1-3-26-15-9-11-16(12-10-15)28(24,25)21-14-7-5-13(6-8-14)17(22)19-20-18(23)27-4-2/h5-12,21H,3-4H2,1-2H3,(H,19,22)(H,20,23). The van der Waals surface area contributed by atoms with E-state index in [1.54, 1.807) is 19.1 Å². The molecule has 0 aliphatic rings. The summed E-state index contributed by atoms with van der Waals surface area (Å²) in [5.41, 5.74) is 4.77. The molecule has 9 nitrogen and oxygen atoms in total. The minimum Gasteiger partial charge on any atom is -0.494 e. The van der Waals surface area contributed by atoms with Crippen molar-refractivity contribution in [2.45, 2.75) is 18.7 Å². The number of hydrazine groups is 1. The van der Waals surface area contributed by atoms with Crippen molar-refractivity contribution in [2.75, 3.05) is 17.9 Å². The van der Waals surface area contributed by atoms with E-state index in [9.17, 15) is 18.0 Å². The second kappa shape index (κ2) is 9.60. The number of nitrogens with one attached hydrogen (secondary N) is 3. The summed E-state index contributed by atoms with van der Waals surface area (Å²) in [5.74, 6) is 0.00205. The molecule has 28 heavy (non-hydrogen) atoms. The van der Waals surface area contributed by atoms with Crippen LogP contribution < -0.4 is 20.3 Å². The molecular weight excluding hydrogens is 386 g/mol. The number of carbonyl (C=O) groups excluding carboxylic acids is 2. The minimum atomic E-state index is -3.79. The molecule has 2 amide bonds. The molecule has 0 saturated carbocycles. The van der Waals surface area contributed by atoms with Crippen LogP contribution >= 0.6 is 0 Å². The number of sulfonamides is 1. The highest BCUT2D eigenvalue weighted by Crippen LogP contribution is 2.19. The number of rotatable bonds is 7. The Morgan fingerprint density at radius 3 is 2.11 bits per heavy atom. The fraction of sp³-hybridized carbons (Fsp3) is 0.222. The largest absolute Gasteiger partial charge is 0.494 e. The molecule has 2 rings (SSSR count). The van der Waals surface area contributed by atoms with Crippen LogP contribution in [0.25, 0.3) is 0 Å². The fourth-order valence-corrected chi connectivity index (χ4v) is 3.19. The lowest BCUT2D eigenvalue weighted by Crippen LogP contribution is -2.41. The van der Waals surface area contributed by atoms with Gasteiger partial charge in [-0.25, -0.2) is 18.6 Å². The van der Waals surface area contributed by atoms with Gasteiger partial charge in [0.15, 0.2) is 0 Å². The van der Waals surface area contributed by atoms with Crippen molar-refractivity contribution in [3.05, 3.63) is 54.1 Å². The number of ether oxygens (including phenoxy) is 2. The van der Waals surface area contributed by atoms with Crippen molar-refractivity contribution in [1.29, 1.82) is 0 Å². The molecule has 2 aromatic carbocycles. The predicted octanol–water partition coefficient (Wildman–Crippen LogP) is 2.28. The van der Waals surface area contributed by atoms with Gasteiger partial charge in [0, 0.05) is 11.3 Å². The van der Waals surface area contributed by atoms with Crippen LogP contribution in [0, 0.1) is 0 Å². The highest BCUT2D eigenvalue weighted by Gasteiger charge is 2.15. The number of benzene rings is 2. The maximum atomic E-state index is 12.4. The third-order valence-electron chi connectivity index (χ3n) is 3.40. The average Bonchev–Trinajstić information content (AvgIpc) is 2.67. The quantitative estimate of drug-likeness (QED) is 0.605. The SMILES string of the molecule is CCOC(=O)NNC(=O)c1ccc(NS(=O)(=O)c2ccc(OCC)cc2)cc1. The first-order valence-corrected chi connectivity index (χ1v) is 9.93. The second-order valence-electron chi connectivity index (χ2n) is 5.39. The summed E-state index contributed by atoms with van der Waals surface area (Å²) >= 11 is 0. The first-order valence-electron chi connectivity index (χ1n) is 8.44. The Kier molecular flexibility index (Phi) is 7.21. The first-order chi connectivity index (χ1) is 13.4. The molecule has 0 atom stereocenters. The highest BCUT2D eigenvalue weighted by molar-refractivity contribution is 7.92. The van der Waals surface area contributed by atoms with Crippen LogP contribution in [0.2, 0.25) is 0 Å². The lowest BCUT2D eigenvalue weighted by Gasteiger charge is -2.10. The predicted molar refractivity (Wildman–Crippen MR) is 102 cm³/mol. The Hall–Kier alpha value is -3.27. The van der Waals surface area contributed by atoms with Gasteiger partial charge in [-0.05, 0) is 62.4 Å². The van der Waals surface area contributed by atoms with Crippen LogP contribution in [0.5, 0.6) is 5.75 Å². The topological polar surface area (TPSA) is 123 Å². The van der Waals surface area contributed by atoms with E-state index in [-0.39, 0.29) is 22.8 Å². The fourth-order valence-electron chi connectivity index (χ4n) is 2.13. The Labute approximate surface area is 163 Å². The van der Waals surface area contributed by atoms with Crippen molar-refractivity contribution in [2.24, 2.45) is 0 Å². The van der Waals surface area contributed by atoms with Gasteiger partial charge in [-0.15, -0.1) is 0 Å². The molecule has 0 aliphatic carbocycles. The van der Waals surface area contributed by atoms with E-state index in [0.717, 1.165) is 0 Å². The van der Waals surface area contributed by atoms with Crippen LogP contribution in [0.1, 0.15) is 24.2 Å². The van der Waals surface area contributed by atoms with Gasteiger partial charge >= 0.3 is 6.09 Å². The van der Waals surface area contributed by atoms with Gasteiger partial charge < -0.3 is 9.47 Å². The van der Waals surface area contributed by atoms with E-state index in [0.29, 0.717) is 12.4 Å². The number of carbonyl (C=O) groups is 2. The average molecular weight is 407 g/mol. The van der Waals surface area contributed by atoms with Crippen molar-refractivity contribution in [1.82, 2.24) is 10.9 Å². The van der Waals surface area contributed by atoms with Gasteiger partial charge in [0.2, 0.25) is 0 Å². The third kappa shape index (κ3) is 5.88. The molecule has 0 heterocycles. The zero-order chi connectivity index (χ0) is 20.6. The van der Waals surface area contributed by atoms with E-state index in [1.807, 2.05) is 6.92 Å². The molecule has 150 valence electrons. The lowest BCUT2D eigenvalue weighted by atomic mass is 10.2. The second-order valence-corrected chi connectivity index (χ2v) is 7.07. The number of hydrogen-bond donors (Lipinski definition) is 3. The van der Waals surface area contributed by atoms with Crippen LogP contribution in [0.4, 0.5) is 10.5 Å². The molecule has 10 heteroatoms. The molecular formula is C18H21N3O6S. The monoisotopic (exact) mass is 407 g/mol. The number of amides is 2. The zero-order valence-electron chi connectivity index (χ0n) is 15.4. The third-order valence-corrected chi connectivity index (χ3v) is 4.80. The summed E-state index contributed by atoms with van der Waals surface area (Å²) in [4.78, 5) is 23.2. The van der Waals surface area contributed by atoms with Crippen molar-refractivity contribution in [3.8, 4) is 5.75 Å². The lowest BCUT2D eigenvalue weighted by molar-refractivity contribution is 0.0912. The zero-order valence-corrected chi connectivity index (χ0v) is 16.2. The summed E-state index contributed by atoms with van der Waals surface area (Å²) in [7, 11) is -3.79. The smallest absolute Gasteiger partial charge is 0.426 e. The minimum absolute atomic E-state index is 0.0800. The first kappa shape index (κ1) is 21.0. The highest BCUT2D eigenvalue weighted by atomic mass is 32.2. The van der Waals surface area contributed by atoms with Gasteiger partial charge in [0.1, 0.15) is 5.75 Å². The molecule has 3 N–H and O–H groups in total. The molecule has 0 aliphatic heterocycles. The van der Waals surface area contributed by atoms with E-state index in [4.69, 9.17) is 4.74 Å². The van der Waals surface area contributed by atoms with E-state index in [2.05, 4.69) is 20.3 Å². The molecule has 0 radical (unpaired) electrons. The summed E-state index contributed by atoms with van der Waals surface area (Å²) in [5, 5.41) is 0. The Bertz CT molecular complexity index is 911. The van der Waals surface area contributed by atoms with Gasteiger partial charge in [0.25, 0.3) is 15.9 Å². The normalized spacial score (nSPS) is 10.6. The molecule has 0 fully saturated rings. The summed E-state index contributed by atoms with van der Waals surface area (Å²) in [6.07, 6.45) is -0.782. The van der Waals surface area contributed by atoms with Crippen LogP contribution in [-0.4, -0.2) is 33.6 Å². The van der Waals surface area contributed by atoms with Crippen molar-refractivity contribution in [3.63, 3.8) is 0 Å². The molecule has 0 unspecified atom stereocenters. The summed E-state index contributed by atoms with van der Waals surface area (Å²) < 4.78 is 37.2. The summed E-state index contributed by atoms with van der Waals surface area (Å²) in [6.45, 7) is 4.13. The number of anilines is 1.